The lowest BCUT2D eigenvalue weighted by Gasteiger charge is -2.10. The number of hydrogen-bond donors (Lipinski definition) is 1. The van der Waals surface area contributed by atoms with Crippen LogP contribution in [0.15, 0.2) is 42.5 Å². The molecule has 3 aromatic rings. The SMILES string of the molecule is Cc1cc(-c2cc(F)ccc2Cl)nc2ccc(CC(=O)NC3CC3)cc12. The van der Waals surface area contributed by atoms with Crippen molar-refractivity contribution >= 4 is 28.4 Å². The van der Waals surface area contributed by atoms with Crippen molar-refractivity contribution in [2.75, 3.05) is 0 Å². The Kier molecular flexibility index (Phi) is 4.37. The zero-order chi connectivity index (χ0) is 18.3. The molecule has 1 aliphatic carbocycles. The molecular weight excluding hydrogens is 351 g/mol. The Bertz CT molecular complexity index is 1010. The summed E-state index contributed by atoms with van der Waals surface area (Å²) >= 11 is 6.21. The maximum atomic E-state index is 13.6. The van der Waals surface area contributed by atoms with E-state index in [1.807, 2.05) is 31.2 Å². The monoisotopic (exact) mass is 368 g/mol. The van der Waals surface area contributed by atoms with Crippen LogP contribution in [0.4, 0.5) is 4.39 Å². The summed E-state index contributed by atoms with van der Waals surface area (Å²) in [6.07, 6.45) is 2.53. The molecule has 5 heteroatoms. The summed E-state index contributed by atoms with van der Waals surface area (Å²) in [5.74, 6) is -0.290. The standard InChI is InChI=1S/C21H18ClFN2O/c1-12-8-20(17-11-14(23)3-6-18(17)22)25-19-7-2-13(9-16(12)19)10-21(26)24-15-4-5-15/h2-3,6-9,11,15H,4-5,10H2,1H3,(H,24,26). The van der Waals surface area contributed by atoms with E-state index in [1.54, 1.807) is 0 Å². The number of aromatic nitrogens is 1. The second kappa shape index (κ2) is 6.69. The van der Waals surface area contributed by atoms with Crippen LogP contribution in [0.3, 0.4) is 0 Å². The second-order valence-electron chi connectivity index (χ2n) is 6.82. The molecule has 1 N–H and O–H groups in total. The summed E-state index contributed by atoms with van der Waals surface area (Å²) in [6, 6.07) is 12.3. The number of halogens is 2. The number of carbonyl (C=O) groups is 1. The Balaban J connectivity index is 1.68. The number of amides is 1. The van der Waals surface area contributed by atoms with Crippen LogP contribution >= 0.6 is 11.6 Å². The number of carbonyl (C=O) groups excluding carboxylic acids is 1. The molecule has 1 aromatic heterocycles. The lowest BCUT2D eigenvalue weighted by Crippen LogP contribution is -2.26. The molecule has 3 nitrogen and oxygen atoms in total. The molecule has 26 heavy (non-hydrogen) atoms. The van der Waals surface area contributed by atoms with E-state index in [-0.39, 0.29) is 11.7 Å². The third-order valence-corrected chi connectivity index (χ3v) is 4.92. The van der Waals surface area contributed by atoms with E-state index < -0.39 is 0 Å². The highest BCUT2D eigenvalue weighted by Crippen LogP contribution is 2.30. The molecule has 1 fully saturated rings. The van der Waals surface area contributed by atoms with Crippen molar-refractivity contribution in [2.24, 2.45) is 0 Å². The fourth-order valence-electron chi connectivity index (χ4n) is 3.07. The predicted molar refractivity (Wildman–Crippen MR) is 102 cm³/mol. The summed E-state index contributed by atoms with van der Waals surface area (Å²) in [5.41, 5.74) is 3.97. The van der Waals surface area contributed by atoms with Crippen LogP contribution in [0, 0.1) is 12.7 Å². The van der Waals surface area contributed by atoms with E-state index in [0.717, 1.165) is 34.9 Å². The largest absolute Gasteiger partial charge is 0.353 e. The average molecular weight is 369 g/mol. The zero-order valence-electron chi connectivity index (χ0n) is 14.4. The van der Waals surface area contributed by atoms with E-state index in [1.165, 1.54) is 18.2 Å². The van der Waals surface area contributed by atoms with Gasteiger partial charge in [-0.15, -0.1) is 0 Å². The van der Waals surface area contributed by atoms with Gasteiger partial charge >= 0.3 is 0 Å². The molecule has 0 unspecified atom stereocenters. The molecule has 2 aromatic carbocycles. The highest BCUT2D eigenvalue weighted by Gasteiger charge is 2.23. The van der Waals surface area contributed by atoms with Gasteiger partial charge in [-0.3, -0.25) is 4.79 Å². The first-order chi connectivity index (χ1) is 12.5. The van der Waals surface area contributed by atoms with Crippen molar-refractivity contribution in [3.63, 3.8) is 0 Å². The third kappa shape index (κ3) is 3.56. The van der Waals surface area contributed by atoms with Crippen LogP contribution < -0.4 is 5.32 Å². The summed E-state index contributed by atoms with van der Waals surface area (Å²) in [7, 11) is 0. The molecule has 0 bridgehead atoms. The topological polar surface area (TPSA) is 42.0 Å². The lowest BCUT2D eigenvalue weighted by atomic mass is 10.0. The summed E-state index contributed by atoms with van der Waals surface area (Å²) < 4.78 is 13.6. The van der Waals surface area contributed by atoms with Gasteiger partial charge in [0.05, 0.1) is 22.7 Å². The van der Waals surface area contributed by atoms with Crippen LogP contribution in [0.2, 0.25) is 5.02 Å². The zero-order valence-corrected chi connectivity index (χ0v) is 15.1. The van der Waals surface area contributed by atoms with E-state index in [0.29, 0.717) is 28.7 Å². The minimum Gasteiger partial charge on any atom is -0.353 e. The molecule has 0 spiro atoms. The summed E-state index contributed by atoms with van der Waals surface area (Å²) in [4.78, 5) is 16.7. The fourth-order valence-corrected chi connectivity index (χ4v) is 3.29. The van der Waals surface area contributed by atoms with Gasteiger partial charge in [-0.05, 0) is 67.3 Å². The molecule has 1 heterocycles. The van der Waals surface area contributed by atoms with Gasteiger partial charge in [0.15, 0.2) is 0 Å². The van der Waals surface area contributed by atoms with Gasteiger partial charge in [0.2, 0.25) is 5.91 Å². The number of pyridine rings is 1. The average Bonchev–Trinajstić information content (AvgIpc) is 3.41. The van der Waals surface area contributed by atoms with Crippen molar-refractivity contribution in [1.29, 1.82) is 0 Å². The third-order valence-electron chi connectivity index (χ3n) is 4.59. The number of aryl methyl sites for hydroxylation is 1. The van der Waals surface area contributed by atoms with Gasteiger partial charge in [-0.1, -0.05) is 17.7 Å². The van der Waals surface area contributed by atoms with Crippen LogP contribution in [-0.2, 0) is 11.2 Å². The Morgan fingerprint density at radius 2 is 2.04 bits per heavy atom. The Morgan fingerprint density at radius 1 is 1.23 bits per heavy atom. The van der Waals surface area contributed by atoms with Crippen LogP contribution in [0.1, 0.15) is 24.0 Å². The number of nitrogens with zero attached hydrogens (tertiary/aromatic N) is 1. The van der Waals surface area contributed by atoms with Crippen molar-refractivity contribution < 1.29 is 9.18 Å². The molecule has 0 radical (unpaired) electrons. The number of nitrogens with one attached hydrogen (secondary N) is 1. The molecule has 4 rings (SSSR count). The fraction of sp³-hybridized carbons (Fsp3) is 0.238. The minimum absolute atomic E-state index is 0.0561. The van der Waals surface area contributed by atoms with E-state index in [9.17, 15) is 9.18 Å². The van der Waals surface area contributed by atoms with Crippen LogP contribution in [0.5, 0.6) is 0 Å². The van der Waals surface area contributed by atoms with Crippen molar-refractivity contribution in [2.45, 2.75) is 32.2 Å². The molecule has 0 atom stereocenters. The highest BCUT2D eigenvalue weighted by molar-refractivity contribution is 6.33. The Labute approximate surface area is 156 Å². The number of fused-ring (bicyclic) bond motifs is 1. The smallest absolute Gasteiger partial charge is 0.224 e. The van der Waals surface area contributed by atoms with Crippen molar-refractivity contribution in [3.8, 4) is 11.3 Å². The van der Waals surface area contributed by atoms with E-state index in [4.69, 9.17) is 11.6 Å². The van der Waals surface area contributed by atoms with E-state index >= 15 is 0 Å². The van der Waals surface area contributed by atoms with Gasteiger partial charge in [0.25, 0.3) is 0 Å². The highest BCUT2D eigenvalue weighted by atomic mass is 35.5. The first kappa shape index (κ1) is 17.0. The molecule has 0 saturated heterocycles. The Morgan fingerprint density at radius 3 is 2.81 bits per heavy atom. The quantitative estimate of drug-likeness (QED) is 0.717. The van der Waals surface area contributed by atoms with Crippen LogP contribution in [-0.4, -0.2) is 16.9 Å². The molecule has 132 valence electrons. The number of hydrogen-bond acceptors (Lipinski definition) is 2. The number of rotatable bonds is 4. The molecule has 1 amide bonds. The number of benzene rings is 2. The van der Waals surface area contributed by atoms with E-state index in [2.05, 4.69) is 10.3 Å². The molecular formula is C21H18ClFN2O. The first-order valence-electron chi connectivity index (χ1n) is 8.64. The maximum Gasteiger partial charge on any atom is 0.224 e. The predicted octanol–water partition coefficient (Wildman–Crippen LogP) is 4.82. The van der Waals surface area contributed by atoms with Gasteiger partial charge in [-0.25, -0.2) is 9.37 Å². The minimum atomic E-state index is -0.346. The maximum absolute atomic E-state index is 13.6. The van der Waals surface area contributed by atoms with Gasteiger partial charge in [-0.2, -0.15) is 0 Å². The molecule has 1 saturated carbocycles. The van der Waals surface area contributed by atoms with Gasteiger partial charge < -0.3 is 5.32 Å². The van der Waals surface area contributed by atoms with Crippen molar-refractivity contribution in [1.82, 2.24) is 10.3 Å². The second-order valence-corrected chi connectivity index (χ2v) is 7.23. The van der Waals surface area contributed by atoms with Crippen molar-refractivity contribution in [3.05, 3.63) is 64.4 Å². The first-order valence-corrected chi connectivity index (χ1v) is 9.02. The van der Waals surface area contributed by atoms with Gasteiger partial charge in [0.1, 0.15) is 5.82 Å². The molecule has 1 aliphatic rings. The summed E-state index contributed by atoms with van der Waals surface area (Å²) in [5, 5.41) is 4.45. The normalized spacial score (nSPS) is 13.8. The molecule has 0 aliphatic heterocycles. The Hall–Kier alpha value is -2.46. The lowest BCUT2D eigenvalue weighted by molar-refractivity contribution is -0.120. The van der Waals surface area contributed by atoms with Crippen LogP contribution in [0.25, 0.3) is 22.2 Å². The van der Waals surface area contributed by atoms with Gasteiger partial charge in [0, 0.05) is 17.0 Å². The summed E-state index contributed by atoms with van der Waals surface area (Å²) in [6.45, 7) is 1.98.